The molecule has 1 aromatic heterocycles. The van der Waals surface area contributed by atoms with Crippen molar-refractivity contribution < 1.29 is 22.8 Å². The zero-order chi connectivity index (χ0) is 20.3. The van der Waals surface area contributed by atoms with E-state index in [1.807, 2.05) is 16.8 Å². The van der Waals surface area contributed by atoms with Crippen molar-refractivity contribution in [2.45, 2.75) is 13.1 Å². The van der Waals surface area contributed by atoms with Gasteiger partial charge in [0.2, 0.25) is 0 Å². The number of thiophene rings is 1. The van der Waals surface area contributed by atoms with Gasteiger partial charge in [0.25, 0.3) is 0 Å². The fourth-order valence-electron chi connectivity index (χ4n) is 2.59. The quantitative estimate of drug-likeness (QED) is 0.503. The fraction of sp³-hybridized carbons (Fsp3) is 0.100. The number of ketones is 1. The average molecular weight is 404 g/mol. The van der Waals surface area contributed by atoms with E-state index in [1.54, 1.807) is 18.2 Å². The highest BCUT2D eigenvalue weighted by Gasteiger charge is 2.30. The average Bonchev–Trinajstić information content (AvgIpc) is 3.15. The Morgan fingerprint density at radius 2 is 1.79 bits per heavy atom. The molecule has 8 heteroatoms. The Morgan fingerprint density at radius 1 is 1.00 bits per heavy atom. The Kier molecular flexibility index (Phi) is 5.51. The molecular weight excluding hydrogens is 389 g/mol. The van der Waals surface area contributed by atoms with Gasteiger partial charge in [-0.15, -0.1) is 0 Å². The number of urea groups is 1. The van der Waals surface area contributed by atoms with E-state index in [2.05, 4.69) is 10.6 Å². The Labute approximate surface area is 163 Å². The highest BCUT2D eigenvalue weighted by Crippen LogP contribution is 2.32. The molecule has 0 aliphatic rings. The summed E-state index contributed by atoms with van der Waals surface area (Å²) in [5, 5.41) is 8.78. The number of nitrogens with one attached hydrogen (secondary N) is 2. The number of halogens is 3. The van der Waals surface area contributed by atoms with Crippen molar-refractivity contribution >= 4 is 34.5 Å². The third-order valence-corrected chi connectivity index (χ3v) is 4.64. The maximum Gasteiger partial charge on any atom is 0.416 e. The molecule has 1 heterocycles. The number of carbonyl (C=O) groups is 2. The van der Waals surface area contributed by atoms with Gasteiger partial charge in [0, 0.05) is 16.8 Å². The van der Waals surface area contributed by atoms with Crippen molar-refractivity contribution in [3.8, 4) is 11.1 Å². The highest BCUT2D eigenvalue weighted by molar-refractivity contribution is 7.08. The van der Waals surface area contributed by atoms with Crippen LogP contribution in [0.4, 0.5) is 29.3 Å². The van der Waals surface area contributed by atoms with Crippen LogP contribution in [0.5, 0.6) is 0 Å². The lowest BCUT2D eigenvalue weighted by Gasteiger charge is -2.14. The van der Waals surface area contributed by atoms with Crippen molar-refractivity contribution in [1.82, 2.24) is 0 Å². The largest absolute Gasteiger partial charge is 0.416 e. The zero-order valence-corrected chi connectivity index (χ0v) is 15.4. The molecule has 0 bridgehead atoms. The maximum atomic E-state index is 12.8. The van der Waals surface area contributed by atoms with Gasteiger partial charge in [-0.1, -0.05) is 18.2 Å². The van der Waals surface area contributed by atoms with Crippen LogP contribution in [0.3, 0.4) is 0 Å². The predicted octanol–water partition coefficient (Wildman–Crippen LogP) is 6.28. The van der Waals surface area contributed by atoms with E-state index in [0.717, 1.165) is 17.7 Å². The first-order valence-electron chi connectivity index (χ1n) is 8.17. The lowest BCUT2D eigenvalue weighted by Crippen LogP contribution is -2.20. The summed E-state index contributed by atoms with van der Waals surface area (Å²) in [4.78, 5) is 24.0. The number of benzene rings is 2. The van der Waals surface area contributed by atoms with E-state index in [0.29, 0.717) is 16.8 Å². The van der Waals surface area contributed by atoms with E-state index in [9.17, 15) is 22.8 Å². The highest BCUT2D eigenvalue weighted by atomic mass is 32.1. The van der Waals surface area contributed by atoms with E-state index in [1.165, 1.54) is 30.4 Å². The second kappa shape index (κ2) is 7.85. The summed E-state index contributed by atoms with van der Waals surface area (Å²) in [6, 6.07) is 10.4. The number of anilines is 2. The summed E-state index contributed by atoms with van der Waals surface area (Å²) in [7, 11) is 0. The summed E-state index contributed by atoms with van der Waals surface area (Å²) in [5.41, 5.74) is 1.50. The molecule has 0 aliphatic carbocycles. The van der Waals surface area contributed by atoms with E-state index >= 15 is 0 Å². The second-order valence-corrected chi connectivity index (χ2v) is 6.77. The number of Topliss-reactive ketones (excluding diaryl/α,β-unsaturated/α-hetero) is 1. The number of amides is 2. The summed E-state index contributed by atoms with van der Waals surface area (Å²) < 4.78 is 38.5. The van der Waals surface area contributed by atoms with Crippen LogP contribution in [0.2, 0.25) is 0 Å². The van der Waals surface area contributed by atoms with Crippen molar-refractivity contribution in [3.05, 3.63) is 70.4 Å². The molecule has 0 spiro atoms. The van der Waals surface area contributed by atoms with Crippen molar-refractivity contribution in [2.75, 3.05) is 10.6 Å². The standard InChI is InChI=1S/C20H15F3N2O2S/c1-12(26)13-5-6-17(14-7-8-28-11-14)18(9-13)25-19(27)24-16-4-2-3-15(10-16)20(21,22)23/h2-11H,1H3,(H2,24,25,27). The van der Waals surface area contributed by atoms with Crippen LogP contribution in [-0.2, 0) is 6.18 Å². The number of carbonyl (C=O) groups excluding carboxylic acids is 2. The molecule has 0 aliphatic heterocycles. The molecule has 0 atom stereocenters. The molecule has 2 N–H and O–H groups in total. The lowest BCUT2D eigenvalue weighted by molar-refractivity contribution is -0.137. The molecule has 28 heavy (non-hydrogen) atoms. The molecular formula is C20H15F3N2O2S. The lowest BCUT2D eigenvalue weighted by atomic mass is 10.0. The van der Waals surface area contributed by atoms with E-state index in [-0.39, 0.29) is 11.5 Å². The molecule has 0 saturated heterocycles. The van der Waals surface area contributed by atoms with Gasteiger partial charge in [-0.05, 0) is 53.6 Å². The third-order valence-electron chi connectivity index (χ3n) is 3.95. The van der Waals surface area contributed by atoms with Crippen molar-refractivity contribution in [1.29, 1.82) is 0 Å². The predicted molar refractivity (Wildman–Crippen MR) is 104 cm³/mol. The molecule has 4 nitrogen and oxygen atoms in total. The minimum absolute atomic E-state index is 0.00660. The Morgan fingerprint density at radius 3 is 2.43 bits per heavy atom. The first-order chi connectivity index (χ1) is 13.2. The number of rotatable bonds is 4. The summed E-state index contributed by atoms with van der Waals surface area (Å²) >= 11 is 1.48. The summed E-state index contributed by atoms with van der Waals surface area (Å²) in [6.45, 7) is 1.41. The monoisotopic (exact) mass is 404 g/mol. The molecule has 0 fully saturated rings. The molecule has 0 unspecified atom stereocenters. The van der Waals surface area contributed by atoms with Crippen LogP contribution in [0, 0.1) is 0 Å². The fourth-order valence-corrected chi connectivity index (χ4v) is 3.25. The molecule has 3 rings (SSSR count). The normalized spacial score (nSPS) is 11.1. The minimum Gasteiger partial charge on any atom is -0.308 e. The molecule has 2 amide bonds. The Balaban J connectivity index is 1.85. The third kappa shape index (κ3) is 4.58. The second-order valence-electron chi connectivity index (χ2n) is 5.99. The van der Waals surface area contributed by atoms with Crippen LogP contribution < -0.4 is 10.6 Å². The first kappa shape index (κ1) is 19.6. The SMILES string of the molecule is CC(=O)c1ccc(-c2ccsc2)c(NC(=O)Nc2cccc(C(F)(F)F)c2)c1. The van der Waals surface area contributed by atoms with Crippen molar-refractivity contribution in [2.24, 2.45) is 0 Å². The van der Waals surface area contributed by atoms with E-state index in [4.69, 9.17) is 0 Å². The van der Waals surface area contributed by atoms with Gasteiger partial charge in [0.15, 0.2) is 5.78 Å². The maximum absolute atomic E-state index is 12.8. The number of hydrogen-bond acceptors (Lipinski definition) is 3. The van der Waals surface area contributed by atoms with Crippen molar-refractivity contribution in [3.63, 3.8) is 0 Å². The van der Waals surface area contributed by atoms with Gasteiger partial charge < -0.3 is 10.6 Å². The van der Waals surface area contributed by atoms with Crippen LogP contribution in [0.25, 0.3) is 11.1 Å². The first-order valence-corrected chi connectivity index (χ1v) is 9.11. The van der Waals surface area contributed by atoms with Gasteiger partial charge in [-0.3, -0.25) is 4.79 Å². The van der Waals surface area contributed by atoms with Gasteiger partial charge in [0.1, 0.15) is 0 Å². The van der Waals surface area contributed by atoms with Gasteiger partial charge in [-0.25, -0.2) is 4.79 Å². The molecule has 2 aromatic carbocycles. The Bertz CT molecular complexity index is 1010. The molecule has 0 radical (unpaired) electrons. The van der Waals surface area contributed by atoms with Crippen LogP contribution in [0.1, 0.15) is 22.8 Å². The molecule has 3 aromatic rings. The van der Waals surface area contributed by atoms with Crippen LogP contribution in [0.15, 0.2) is 59.3 Å². The smallest absolute Gasteiger partial charge is 0.308 e. The Hall–Kier alpha value is -3.13. The summed E-state index contributed by atoms with van der Waals surface area (Å²) in [5.74, 6) is -0.168. The zero-order valence-electron chi connectivity index (χ0n) is 14.6. The topological polar surface area (TPSA) is 58.2 Å². The van der Waals surface area contributed by atoms with E-state index < -0.39 is 17.8 Å². The number of alkyl halides is 3. The van der Waals surface area contributed by atoms with Crippen LogP contribution in [-0.4, -0.2) is 11.8 Å². The van der Waals surface area contributed by atoms with Gasteiger partial charge in [0.05, 0.1) is 11.3 Å². The summed E-state index contributed by atoms with van der Waals surface area (Å²) in [6.07, 6.45) is -4.50. The molecule has 144 valence electrons. The minimum atomic E-state index is -4.50. The van der Waals surface area contributed by atoms with Gasteiger partial charge in [-0.2, -0.15) is 24.5 Å². The number of hydrogen-bond donors (Lipinski definition) is 2. The van der Waals surface area contributed by atoms with Crippen LogP contribution >= 0.6 is 11.3 Å². The molecule has 0 saturated carbocycles. The van der Waals surface area contributed by atoms with Gasteiger partial charge >= 0.3 is 12.2 Å².